The van der Waals surface area contributed by atoms with Crippen LogP contribution in [-0.2, 0) is 6.54 Å². The molecule has 1 atom stereocenters. The number of benzene rings is 1. The van der Waals surface area contributed by atoms with E-state index in [2.05, 4.69) is 24.8 Å². The zero-order chi connectivity index (χ0) is 14.8. The summed E-state index contributed by atoms with van der Waals surface area (Å²) < 4.78 is 0. The van der Waals surface area contributed by atoms with E-state index in [9.17, 15) is 10.1 Å². The molecule has 0 amide bonds. The van der Waals surface area contributed by atoms with Crippen molar-refractivity contribution in [3.63, 3.8) is 0 Å². The summed E-state index contributed by atoms with van der Waals surface area (Å²) >= 11 is 0. The molecule has 1 aliphatic rings. The minimum absolute atomic E-state index is 0.0165. The molecule has 106 valence electrons. The van der Waals surface area contributed by atoms with Crippen molar-refractivity contribution in [3.8, 4) is 6.07 Å². The Morgan fingerprint density at radius 2 is 2.30 bits per heavy atom. The SMILES string of the molecule is CC1(C)CCCN(Cc2cccc(C(=O)O)c2)C1C#N. The Kier molecular flexibility index (Phi) is 4.10. The largest absolute Gasteiger partial charge is 0.478 e. The first-order valence-corrected chi connectivity index (χ1v) is 6.90. The fourth-order valence-corrected chi connectivity index (χ4v) is 2.96. The second-order valence-electron chi connectivity index (χ2n) is 6.10. The van der Waals surface area contributed by atoms with Gasteiger partial charge in [-0.3, -0.25) is 4.90 Å². The van der Waals surface area contributed by atoms with Crippen LogP contribution in [0.2, 0.25) is 0 Å². The van der Waals surface area contributed by atoms with E-state index in [0.717, 1.165) is 24.9 Å². The van der Waals surface area contributed by atoms with Crippen molar-refractivity contribution >= 4 is 5.97 Å². The summed E-state index contributed by atoms with van der Waals surface area (Å²) in [4.78, 5) is 13.2. The number of carboxylic acids is 1. The molecule has 4 nitrogen and oxygen atoms in total. The van der Waals surface area contributed by atoms with Gasteiger partial charge in [0.15, 0.2) is 0 Å². The highest BCUT2D eigenvalue weighted by atomic mass is 16.4. The maximum absolute atomic E-state index is 11.0. The van der Waals surface area contributed by atoms with Crippen LogP contribution in [0.3, 0.4) is 0 Å². The molecule has 1 aromatic rings. The molecule has 0 saturated carbocycles. The highest BCUT2D eigenvalue weighted by Crippen LogP contribution is 2.35. The molecule has 1 aromatic carbocycles. The van der Waals surface area contributed by atoms with E-state index in [0.29, 0.717) is 12.1 Å². The van der Waals surface area contributed by atoms with E-state index in [4.69, 9.17) is 5.11 Å². The van der Waals surface area contributed by atoms with Crippen molar-refractivity contribution < 1.29 is 9.90 Å². The topological polar surface area (TPSA) is 64.3 Å². The van der Waals surface area contributed by atoms with E-state index in [1.165, 1.54) is 0 Å². The van der Waals surface area contributed by atoms with Crippen LogP contribution in [-0.4, -0.2) is 28.6 Å². The molecule has 1 N–H and O–H groups in total. The maximum Gasteiger partial charge on any atom is 0.335 e. The smallest absolute Gasteiger partial charge is 0.335 e. The van der Waals surface area contributed by atoms with Gasteiger partial charge in [-0.2, -0.15) is 5.26 Å². The molecule has 0 aliphatic carbocycles. The van der Waals surface area contributed by atoms with Crippen LogP contribution in [0, 0.1) is 16.7 Å². The Morgan fingerprint density at radius 3 is 2.95 bits per heavy atom. The fourth-order valence-electron chi connectivity index (χ4n) is 2.96. The third-order valence-electron chi connectivity index (χ3n) is 4.05. The van der Waals surface area contributed by atoms with Gasteiger partial charge in [-0.15, -0.1) is 0 Å². The zero-order valence-electron chi connectivity index (χ0n) is 12.0. The van der Waals surface area contributed by atoms with Crippen LogP contribution in [0.5, 0.6) is 0 Å². The first-order chi connectivity index (χ1) is 9.44. The molecule has 0 radical (unpaired) electrons. The molecule has 2 rings (SSSR count). The molecule has 0 spiro atoms. The third kappa shape index (κ3) is 3.00. The van der Waals surface area contributed by atoms with E-state index >= 15 is 0 Å². The van der Waals surface area contributed by atoms with Crippen molar-refractivity contribution in [1.29, 1.82) is 5.26 Å². The minimum Gasteiger partial charge on any atom is -0.478 e. The number of nitriles is 1. The van der Waals surface area contributed by atoms with Gasteiger partial charge in [0.05, 0.1) is 11.6 Å². The zero-order valence-corrected chi connectivity index (χ0v) is 12.0. The highest BCUT2D eigenvalue weighted by molar-refractivity contribution is 5.87. The van der Waals surface area contributed by atoms with Gasteiger partial charge in [-0.25, -0.2) is 4.79 Å². The molecule has 1 saturated heterocycles. The summed E-state index contributed by atoms with van der Waals surface area (Å²) in [6.45, 7) is 5.77. The maximum atomic E-state index is 11.0. The van der Waals surface area contributed by atoms with Crippen molar-refractivity contribution in [1.82, 2.24) is 4.90 Å². The Hall–Kier alpha value is -1.86. The molecular weight excluding hydrogens is 252 g/mol. The van der Waals surface area contributed by atoms with E-state index in [1.54, 1.807) is 18.2 Å². The van der Waals surface area contributed by atoms with Crippen molar-refractivity contribution in [3.05, 3.63) is 35.4 Å². The fraction of sp³-hybridized carbons (Fsp3) is 0.500. The number of hydrogen-bond acceptors (Lipinski definition) is 3. The van der Waals surface area contributed by atoms with Crippen molar-refractivity contribution in [2.45, 2.75) is 39.3 Å². The highest BCUT2D eigenvalue weighted by Gasteiger charge is 2.37. The lowest BCUT2D eigenvalue weighted by Gasteiger charge is -2.42. The van der Waals surface area contributed by atoms with E-state index in [-0.39, 0.29) is 11.5 Å². The predicted octanol–water partition coefficient (Wildman–Crippen LogP) is 2.90. The number of nitrogens with zero attached hydrogens (tertiary/aromatic N) is 2. The lowest BCUT2D eigenvalue weighted by Crippen LogP contribution is -2.48. The Balaban J connectivity index is 2.18. The molecule has 0 aromatic heterocycles. The number of rotatable bonds is 3. The van der Waals surface area contributed by atoms with Gasteiger partial charge in [0.1, 0.15) is 6.04 Å². The van der Waals surface area contributed by atoms with Crippen molar-refractivity contribution in [2.24, 2.45) is 5.41 Å². The van der Waals surface area contributed by atoms with Crippen LogP contribution in [0.15, 0.2) is 24.3 Å². The van der Waals surface area contributed by atoms with Crippen LogP contribution in [0.4, 0.5) is 0 Å². The lowest BCUT2D eigenvalue weighted by atomic mass is 9.77. The lowest BCUT2D eigenvalue weighted by molar-refractivity contribution is 0.0657. The van der Waals surface area contributed by atoms with Crippen LogP contribution in [0.1, 0.15) is 42.6 Å². The first-order valence-electron chi connectivity index (χ1n) is 6.90. The molecule has 0 bridgehead atoms. The Labute approximate surface area is 119 Å². The molecule has 1 heterocycles. The molecule has 20 heavy (non-hydrogen) atoms. The van der Waals surface area contributed by atoms with Gasteiger partial charge in [-0.05, 0) is 42.5 Å². The summed E-state index contributed by atoms with van der Waals surface area (Å²) in [5.74, 6) is -0.914. The Bertz CT molecular complexity index is 546. The molecule has 1 aliphatic heterocycles. The van der Waals surface area contributed by atoms with E-state index < -0.39 is 5.97 Å². The average Bonchev–Trinajstić information content (AvgIpc) is 2.38. The molecule has 1 unspecified atom stereocenters. The first kappa shape index (κ1) is 14.5. The summed E-state index contributed by atoms with van der Waals surface area (Å²) in [5, 5.41) is 18.5. The average molecular weight is 272 g/mol. The molecule has 1 fully saturated rings. The normalized spacial score (nSPS) is 22.1. The van der Waals surface area contributed by atoms with Gasteiger partial charge < -0.3 is 5.11 Å². The number of piperidine rings is 1. The second-order valence-corrected chi connectivity index (χ2v) is 6.10. The number of hydrogen-bond donors (Lipinski definition) is 1. The second kappa shape index (κ2) is 5.64. The van der Waals surface area contributed by atoms with Crippen LogP contribution < -0.4 is 0 Å². The summed E-state index contributed by atoms with van der Waals surface area (Å²) in [5.41, 5.74) is 1.23. The van der Waals surface area contributed by atoms with Crippen LogP contribution in [0.25, 0.3) is 0 Å². The van der Waals surface area contributed by atoms with Gasteiger partial charge >= 0.3 is 5.97 Å². The van der Waals surface area contributed by atoms with Gasteiger partial charge in [-0.1, -0.05) is 26.0 Å². The summed E-state index contributed by atoms with van der Waals surface area (Å²) in [6.07, 6.45) is 2.13. The number of aromatic carboxylic acids is 1. The molecule has 4 heteroatoms. The van der Waals surface area contributed by atoms with Gasteiger partial charge in [0.25, 0.3) is 0 Å². The number of likely N-dealkylation sites (tertiary alicyclic amines) is 1. The predicted molar refractivity (Wildman–Crippen MR) is 76.2 cm³/mol. The summed E-state index contributed by atoms with van der Waals surface area (Å²) in [7, 11) is 0. The number of carbonyl (C=O) groups is 1. The molecular formula is C16H20N2O2. The van der Waals surface area contributed by atoms with E-state index in [1.807, 2.05) is 6.07 Å². The van der Waals surface area contributed by atoms with Crippen molar-refractivity contribution in [2.75, 3.05) is 6.54 Å². The van der Waals surface area contributed by atoms with Gasteiger partial charge in [0.2, 0.25) is 0 Å². The third-order valence-corrected chi connectivity index (χ3v) is 4.05. The summed E-state index contributed by atoms with van der Waals surface area (Å²) in [6, 6.07) is 9.25. The standard InChI is InChI=1S/C16H20N2O2/c1-16(2)7-4-8-18(14(16)10-17)11-12-5-3-6-13(9-12)15(19)20/h3,5-6,9,14H,4,7-8,11H2,1-2H3,(H,19,20). The quantitative estimate of drug-likeness (QED) is 0.919. The number of carboxylic acid groups (broad SMARTS) is 1. The minimum atomic E-state index is -0.914. The van der Waals surface area contributed by atoms with Crippen LogP contribution >= 0.6 is 0 Å². The van der Waals surface area contributed by atoms with Gasteiger partial charge in [0, 0.05) is 6.54 Å². The Morgan fingerprint density at radius 1 is 1.55 bits per heavy atom. The monoisotopic (exact) mass is 272 g/mol.